The summed E-state index contributed by atoms with van der Waals surface area (Å²) in [5.41, 5.74) is 0. The Balaban J connectivity index is 2.40. The lowest BCUT2D eigenvalue weighted by atomic mass is 9.95. The van der Waals surface area contributed by atoms with E-state index in [0.29, 0.717) is 5.92 Å². The summed E-state index contributed by atoms with van der Waals surface area (Å²) in [6.45, 7) is 5.32. The highest BCUT2D eigenvalue weighted by molar-refractivity contribution is 5.73. The zero-order chi connectivity index (χ0) is 13.5. The first-order chi connectivity index (χ1) is 8.54. The van der Waals surface area contributed by atoms with Crippen molar-refractivity contribution in [2.24, 2.45) is 5.92 Å². The van der Waals surface area contributed by atoms with E-state index in [0.717, 1.165) is 38.9 Å². The Morgan fingerprint density at radius 3 is 2.56 bits per heavy atom. The van der Waals surface area contributed by atoms with Crippen LogP contribution in [0.3, 0.4) is 0 Å². The van der Waals surface area contributed by atoms with Crippen molar-refractivity contribution >= 4 is 5.97 Å². The Bertz CT molecular complexity index is 250. The molecule has 0 spiro atoms. The van der Waals surface area contributed by atoms with Crippen molar-refractivity contribution in [1.82, 2.24) is 9.80 Å². The first-order valence-electron chi connectivity index (χ1n) is 7.16. The Morgan fingerprint density at radius 1 is 1.44 bits per heavy atom. The van der Waals surface area contributed by atoms with Crippen LogP contribution in [0.4, 0.5) is 0 Å². The highest BCUT2D eigenvalue weighted by atomic mass is 16.4. The van der Waals surface area contributed by atoms with Crippen LogP contribution in [0.2, 0.25) is 0 Å². The van der Waals surface area contributed by atoms with Gasteiger partial charge in [-0.25, -0.2) is 0 Å². The van der Waals surface area contributed by atoms with Gasteiger partial charge in [0.25, 0.3) is 0 Å². The molecule has 4 heteroatoms. The molecular weight excluding hydrogens is 228 g/mol. The molecule has 0 aliphatic carbocycles. The molecule has 0 radical (unpaired) electrons. The molecule has 1 aliphatic rings. The topological polar surface area (TPSA) is 43.8 Å². The first kappa shape index (κ1) is 15.4. The Hall–Kier alpha value is -0.610. The van der Waals surface area contributed by atoms with Crippen LogP contribution < -0.4 is 0 Å². The SMILES string of the molecule is CCCCC(C(=O)O)N(C)CC1CCN(C)CC1. The van der Waals surface area contributed by atoms with Gasteiger partial charge in [-0.1, -0.05) is 19.8 Å². The molecule has 1 N–H and O–H groups in total. The van der Waals surface area contributed by atoms with Crippen LogP contribution in [0, 0.1) is 5.92 Å². The average molecular weight is 256 g/mol. The Kier molecular flexibility index (Phi) is 6.65. The first-order valence-corrected chi connectivity index (χ1v) is 7.16. The normalized spacial score (nSPS) is 20.2. The number of hydrogen-bond acceptors (Lipinski definition) is 3. The van der Waals surface area contributed by atoms with E-state index in [1.165, 1.54) is 12.8 Å². The van der Waals surface area contributed by atoms with Gasteiger partial charge in [-0.15, -0.1) is 0 Å². The molecule has 0 amide bonds. The second-order valence-electron chi connectivity index (χ2n) is 5.68. The molecule has 0 saturated carbocycles. The molecule has 0 aromatic rings. The van der Waals surface area contributed by atoms with Crippen molar-refractivity contribution in [3.8, 4) is 0 Å². The van der Waals surface area contributed by atoms with Gasteiger partial charge in [0.15, 0.2) is 0 Å². The lowest BCUT2D eigenvalue weighted by Gasteiger charge is -2.33. The van der Waals surface area contributed by atoms with Crippen LogP contribution in [-0.2, 0) is 4.79 Å². The minimum absolute atomic E-state index is 0.301. The van der Waals surface area contributed by atoms with Crippen molar-refractivity contribution in [3.63, 3.8) is 0 Å². The van der Waals surface area contributed by atoms with E-state index in [1.54, 1.807) is 0 Å². The van der Waals surface area contributed by atoms with Gasteiger partial charge in [0, 0.05) is 6.54 Å². The summed E-state index contributed by atoms with van der Waals surface area (Å²) in [5.74, 6) is -0.00597. The number of nitrogens with zero attached hydrogens (tertiary/aromatic N) is 2. The van der Waals surface area contributed by atoms with Gasteiger partial charge in [-0.2, -0.15) is 0 Å². The molecule has 1 unspecified atom stereocenters. The smallest absolute Gasteiger partial charge is 0.320 e. The fourth-order valence-corrected chi connectivity index (χ4v) is 2.71. The highest BCUT2D eigenvalue weighted by Crippen LogP contribution is 2.19. The molecule has 1 rings (SSSR count). The van der Waals surface area contributed by atoms with E-state index >= 15 is 0 Å². The summed E-state index contributed by atoms with van der Waals surface area (Å²) in [7, 11) is 4.12. The van der Waals surface area contributed by atoms with Crippen molar-refractivity contribution < 1.29 is 9.90 Å². The number of likely N-dealkylation sites (tertiary alicyclic amines) is 1. The molecule has 0 bridgehead atoms. The lowest BCUT2D eigenvalue weighted by Crippen LogP contribution is -2.43. The lowest BCUT2D eigenvalue weighted by molar-refractivity contribution is -0.143. The van der Waals surface area contributed by atoms with Gasteiger partial charge in [-0.3, -0.25) is 9.69 Å². The number of hydrogen-bond donors (Lipinski definition) is 1. The highest BCUT2D eigenvalue weighted by Gasteiger charge is 2.25. The molecular formula is C14H28N2O2. The zero-order valence-corrected chi connectivity index (χ0v) is 12.1. The monoisotopic (exact) mass is 256 g/mol. The molecule has 1 saturated heterocycles. The maximum absolute atomic E-state index is 11.3. The fourth-order valence-electron chi connectivity index (χ4n) is 2.71. The summed E-state index contributed by atoms with van der Waals surface area (Å²) in [6.07, 6.45) is 5.22. The van der Waals surface area contributed by atoms with Crippen molar-refractivity contribution in [2.75, 3.05) is 33.7 Å². The summed E-state index contributed by atoms with van der Waals surface area (Å²) >= 11 is 0. The number of carboxylic acid groups (broad SMARTS) is 1. The van der Waals surface area contributed by atoms with Crippen molar-refractivity contribution in [2.45, 2.75) is 45.1 Å². The largest absolute Gasteiger partial charge is 0.480 e. The molecule has 1 atom stereocenters. The van der Waals surface area contributed by atoms with Gasteiger partial charge < -0.3 is 10.0 Å². The van der Waals surface area contributed by atoms with E-state index < -0.39 is 5.97 Å². The van der Waals surface area contributed by atoms with Gasteiger partial charge in [0.05, 0.1) is 0 Å². The standard InChI is InChI=1S/C14H28N2O2/c1-4-5-6-13(14(17)18)16(3)11-12-7-9-15(2)10-8-12/h12-13H,4-11H2,1-3H3,(H,17,18). The van der Waals surface area contributed by atoms with Gasteiger partial charge in [-0.05, 0) is 52.4 Å². The minimum atomic E-state index is -0.668. The van der Waals surface area contributed by atoms with Crippen LogP contribution in [0.15, 0.2) is 0 Å². The third-order valence-corrected chi connectivity index (χ3v) is 4.03. The fraction of sp³-hybridized carbons (Fsp3) is 0.929. The summed E-state index contributed by atoms with van der Waals surface area (Å²) in [6, 6.07) is -0.301. The Labute approximate surface area is 111 Å². The second-order valence-corrected chi connectivity index (χ2v) is 5.68. The van der Waals surface area contributed by atoms with Crippen LogP contribution in [0.5, 0.6) is 0 Å². The molecule has 1 heterocycles. The third-order valence-electron chi connectivity index (χ3n) is 4.03. The number of rotatable bonds is 7. The van der Waals surface area contributed by atoms with E-state index in [-0.39, 0.29) is 6.04 Å². The molecule has 1 aliphatic heterocycles. The zero-order valence-electron chi connectivity index (χ0n) is 12.1. The molecule has 4 nitrogen and oxygen atoms in total. The Morgan fingerprint density at radius 2 is 2.06 bits per heavy atom. The number of carboxylic acids is 1. The maximum atomic E-state index is 11.3. The molecule has 18 heavy (non-hydrogen) atoms. The van der Waals surface area contributed by atoms with E-state index in [9.17, 15) is 9.90 Å². The summed E-state index contributed by atoms with van der Waals surface area (Å²) in [5, 5.41) is 9.29. The predicted octanol–water partition coefficient (Wildman–Crippen LogP) is 1.90. The quantitative estimate of drug-likeness (QED) is 0.755. The average Bonchev–Trinajstić information content (AvgIpc) is 2.32. The second kappa shape index (κ2) is 7.74. The van der Waals surface area contributed by atoms with Crippen LogP contribution in [0.25, 0.3) is 0 Å². The molecule has 1 fully saturated rings. The van der Waals surface area contributed by atoms with Gasteiger partial charge in [0.2, 0.25) is 0 Å². The minimum Gasteiger partial charge on any atom is -0.480 e. The van der Waals surface area contributed by atoms with Crippen LogP contribution in [0.1, 0.15) is 39.0 Å². The number of likely N-dealkylation sites (N-methyl/N-ethyl adjacent to an activating group) is 1. The molecule has 0 aromatic heterocycles. The summed E-state index contributed by atoms with van der Waals surface area (Å²) in [4.78, 5) is 15.7. The number of piperidine rings is 1. The molecule has 106 valence electrons. The van der Waals surface area contributed by atoms with Crippen LogP contribution >= 0.6 is 0 Å². The third kappa shape index (κ3) is 4.94. The number of aliphatic carboxylic acids is 1. The van der Waals surface area contributed by atoms with Gasteiger partial charge in [0.1, 0.15) is 6.04 Å². The number of carbonyl (C=O) groups is 1. The molecule has 0 aromatic carbocycles. The predicted molar refractivity (Wildman–Crippen MR) is 73.8 cm³/mol. The number of unbranched alkanes of at least 4 members (excludes halogenated alkanes) is 1. The van der Waals surface area contributed by atoms with E-state index in [4.69, 9.17) is 0 Å². The van der Waals surface area contributed by atoms with Crippen molar-refractivity contribution in [1.29, 1.82) is 0 Å². The van der Waals surface area contributed by atoms with Crippen molar-refractivity contribution in [3.05, 3.63) is 0 Å². The summed E-state index contributed by atoms with van der Waals surface area (Å²) < 4.78 is 0. The van der Waals surface area contributed by atoms with Crippen LogP contribution in [-0.4, -0.2) is 60.6 Å². The maximum Gasteiger partial charge on any atom is 0.320 e. The van der Waals surface area contributed by atoms with E-state index in [2.05, 4.69) is 18.9 Å². The van der Waals surface area contributed by atoms with Gasteiger partial charge >= 0.3 is 5.97 Å². The van der Waals surface area contributed by atoms with E-state index in [1.807, 2.05) is 11.9 Å².